The molecule has 2 amide bonds. The van der Waals surface area contributed by atoms with Gasteiger partial charge in [-0.1, -0.05) is 42.5 Å². The van der Waals surface area contributed by atoms with Crippen molar-refractivity contribution in [2.75, 3.05) is 16.8 Å². The molecule has 168 valence electrons. The summed E-state index contributed by atoms with van der Waals surface area (Å²) in [5.41, 5.74) is 4.77. The van der Waals surface area contributed by atoms with Crippen molar-refractivity contribution in [3.63, 3.8) is 0 Å². The molecule has 0 saturated carbocycles. The first-order chi connectivity index (χ1) is 15.8. The van der Waals surface area contributed by atoms with Crippen LogP contribution in [0.2, 0.25) is 0 Å². The Morgan fingerprint density at radius 1 is 0.818 bits per heavy atom. The first-order valence-electron chi connectivity index (χ1n) is 11.0. The molecule has 1 heterocycles. The van der Waals surface area contributed by atoms with Crippen molar-refractivity contribution >= 4 is 28.8 Å². The first-order valence-corrected chi connectivity index (χ1v) is 11.0. The predicted octanol–water partition coefficient (Wildman–Crippen LogP) is 5.51. The zero-order valence-electron chi connectivity index (χ0n) is 19.6. The summed E-state index contributed by atoms with van der Waals surface area (Å²) in [6.45, 7) is 7.83. The molecule has 3 aromatic carbocycles. The topological polar surface area (TPSA) is 49.9 Å². The standard InChI is InChI=1S/C28H28N2O3/c1-18(2)33-23-16-14-21(15-17-23)25-26(29(5)22-11-7-6-8-12-22)28(32)30(27(25)31)24-13-9-10-19(3)20(24)4/h6-18H,1-5H3. The van der Waals surface area contributed by atoms with Crippen molar-refractivity contribution in [2.45, 2.75) is 33.8 Å². The largest absolute Gasteiger partial charge is 0.491 e. The monoisotopic (exact) mass is 440 g/mol. The van der Waals surface area contributed by atoms with E-state index >= 15 is 0 Å². The van der Waals surface area contributed by atoms with Crippen LogP contribution in [0.25, 0.3) is 5.57 Å². The fourth-order valence-corrected chi connectivity index (χ4v) is 4.04. The predicted molar refractivity (Wildman–Crippen MR) is 132 cm³/mol. The van der Waals surface area contributed by atoms with Crippen LogP contribution in [0, 0.1) is 13.8 Å². The molecule has 0 aromatic heterocycles. The Balaban J connectivity index is 1.85. The minimum atomic E-state index is -0.336. The lowest BCUT2D eigenvalue weighted by atomic mass is 10.0. The number of likely N-dealkylation sites (N-methyl/N-ethyl adjacent to an activating group) is 1. The van der Waals surface area contributed by atoms with Gasteiger partial charge in [-0.25, -0.2) is 4.90 Å². The van der Waals surface area contributed by atoms with E-state index in [1.54, 1.807) is 4.90 Å². The van der Waals surface area contributed by atoms with Crippen LogP contribution in [-0.4, -0.2) is 25.0 Å². The molecule has 4 rings (SSSR count). The van der Waals surface area contributed by atoms with E-state index in [0.717, 1.165) is 22.6 Å². The summed E-state index contributed by atoms with van der Waals surface area (Å²) in [6.07, 6.45) is 0.0457. The lowest BCUT2D eigenvalue weighted by molar-refractivity contribution is -0.120. The van der Waals surface area contributed by atoms with Gasteiger partial charge in [0.2, 0.25) is 0 Å². The van der Waals surface area contributed by atoms with Crippen LogP contribution in [0.5, 0.6) is 5.75 Å². The van der Waals surface area contributed by atoms with Gasteiger partial charge in [0.05, 0.1) is 17.4 Å². The van der Waals surface area contributed by atoms with E-state index < -0.39 is 0 Å². The SMILES string of the molecule is Cc1cccc(N2C(=O)C(c3ccc(OC(C)C)cc3)=C(N(C)c3ccccc3)C2=O)c1C. The Kier molecular flexibility index (Phi) is 6.05. The van der Waals surface area contributed by atoms with Gasteiger partial charge in [0, 0.05) is 12.7 Å². The third-order valence-electron chi connectivity index (χ3n) is 5.87. The van der Waals surface area contributed by atoms with Crippen LogP contribution in [-0.2, 0) is 9.59 Å². The van der Waals surface area contributed by atoms with Crippen LogP contribution in [0.4, 0.5) is 11.4 Å². The van der Waals surface area contributed by atoms with E-state index in [9.17, 15) is 9.59 Å². The molecule has 0 spiro atoms. The summed E-state index contributed by atoms with van der Waals surface area (Å²) >= 11 is 0. The molecule has 0 atom stereocenters. The van der Waals surface area contributed by atoms with Gasteiger partial charge >= 0.3 is 0 Å². The number of amides is 2. The zero-order valence-corrected chi connectivity index (χ0v) is 19.6. The van der Waals surface area contributed by atoms with Gasteiger partial charge in [-0.2, -0.15) is 0 Å². The molecule has 0 aliphatic carbocycles. The number of benzene rings is 3. The van der Waals surface area contributed by atoms with Crippen LogP contribution in [0.15, 0.2) is 78.5 Å². The second-order valence-corrected chi connectivity index (χ2v) is 8.47. The van der Waals surface area contributed by atoms with Gasteiger partial charge in [0.25, 0.3) is 11.8 Å². The van der Waals surface area contributed by atoms with Crippen LogP contribution in [0.1, 0.15) is 30.5 Å². The molecule has 0 saturated heterocycles. The summed E-state index contributed by atoms with van der Waals surface area (Å²) in [5.74, 6) is 0.0528. The summed E-state index contributed by atoms with van der Waals surface area (Å²) < 4.78 is 5.75. The summed E-state index contributed by atoms with van der Waals surface area (Å²) in [5, 5.41) is 0. The third-order valence-corrected chi connectivity index (χ3v) is 5.87. The van der Waals surface area contributed by atoms with Gasteiger partial charge in [0.1, 0.15) is 11.4 Å². The molecule has 1 aliphatic heterocycles. The lowest BCUT2D eigenvalue weighted by Gasteiger charge is -2.22. The number of rotatable bonds is 6. The number of para-hydroxylation sites is 1. The van der Waals surface area contributed by atoms with Crippen LogP contribution < -0.4 is 14.5 Å². The highest BCUT2D eigenvalue weighted by Crippen LogP contribution is 2.38. The molecular weight excluding hydrogens is 412 g/mol. The normalized spacial score (nSPS) is 13.8. The highest BCUT2D eigenvalue weighted by Gasteiger charge is 2.42. The van der Waals surface area contributed by atoms with Gasteiger partial charge in [-0.05, 0) is 74.7 Å². The molecule has 0 radical (unpaired) electrons. The molecule has 0 N–H and O–H groups in total. The van der Waals surface area contributed by atoms with Crippen molar-refractivity contribution in [1.82, 2.24) is 0 Å². The molecular formula is C28H28N2O3. The molecule has 0 unspecified atom stereocenters. The fraction of sp³-hybridized carbons (Fsp3) is 0.214. The summed E-state index contributed by atoms with van der Waals surface area (Å²) in [6, 6.07) is 22.6. The molecule has 0 bridgehead atoms. The molecule has 5 nitrogen and oxygen atoms in total. The number of hydrogen-bond donors (Lipinski definition) is 0. The van der Waals surface area contributed by atoms with Crippen molar-refractivity contribution in [1.29, 1.82) is 0 Å². The van der Waals surface area contributed by atoms with Crippen molar-refractivity contribution in [3.05, 3.63) is 95.2 Å². The second-order valence-electron chi connectivity index (χ2n) is 8.47. The van der Waals surface area contributed by atoms with E-state index in [1.165, 1.54) is 4.90 Å². The number of aryl methyl sites for hydroxylation is 1. The maximum Gasteiger partial charge on any atom is 0.282 e. The Hall–Kier alpha value is -3.86. The van der Waals surface area contributed by atoms with E-state index in [1.807, 2.05) is 108 Å². The smallest absolute Gasteiger partial charge is 0.282 e. The molecule has 33 heavy (non-hydrogen) atoms. The Labute approximate surface area is 194 Å². The Morgan fingerprint density at radius 2 is 1.48 bits per heavy atom. The number of nitrogens with zero attached hydrogens (tertiary/aromatic N) is 2. The average Bonchev–Trinajstić information content (AvgIpc) is 3.06. The zero-order chi connectivity index (χ0) is 23.7. The number of imide groups is 1. The quantitative estimate of drug-likeness (QED) is 0.474. The highest BCUT2D eigenvalue weighted by atomic mass is 16.5. The first kappa shape index (κ1) is 22.3. The van der Waals surface area contributed by atoms with E-state index in [2.05, 4.69) is 0 Å². The van der Waals surface area contributed by atoms with Crippen molar-refractivity contribution in [2.24, 2.45) is 0 Å². The lowest BCUT2D eigenvalue weighted by Crippen LogP contribution is -2.34. The Bertz CT molecular complexity index is 1230. The maximum atomic E-state index is 13.8. The van der Waals surface area contributed by atoms with E-state index in [-0.39, 0.29) is 17.9 Å². The van der Waals surface area contributed by atoms with Gasteiger partial charge < -0.3 is 9.64 Å². The van der Waals surface area contributed by atoms with E-state index in [4.69, 9.17) is 4.74 Å². The molecule has 0 fully saturated rings. The highest BCUT2D eigenvalue weighted by molar-refractivity contribution is 6.46. The maximum absolute atomic E-state index is 13.8. The van der Waals surface area contributed by atoms with Gasteiger partial charge in [0.15, 0.2) is 0 Å². The summed E-state index contributed by atoms with van der Waals surface area (Å²) in [4.78, 5) is 30.6. The minimum Gasteiger partial charge on any atom is -0.491 e. The number of hydrogen-bond acceptors (Lipinski definition) is 4. The fourth-order valence-electron chi connectivity index (χ4n) is 4.04. The van der Waals surface area contributed by atoms with Gasteiger partial charge in [-0.3, -0.25) is 9.59 Å². The van der Waals surface area contributed by atoms with Crippen LogP contribution >= 0.6 is 0 Å². The number of carbonyl (C=O) groups excluding carboxylic acids is 2. The average molecular weight is 441 g/mol. The molecule has 5 heteroatoms. The third kappa shape index (κ3) is 4.14. The molecule has 3 aromatic rings. The van der Waals surface area contributed by atoms with Crippen molar-refractivity contribution in [3.8, 4) is 5.75 Å². The number of ether oxygens (including phenoxy) is 1. The van der Waals surface area contributed by atoms with E-state index in [0.29, 0.717) is 22.5 Å². The van der Waals surface area contributed by atoms with Gasteiger partial charge in [-0.15, -0.1) is 0 Å². The minimum absolute atomic E-state index is 0.0457. The van der Waals surface area contributed by atoms with Crippen LogP contribution in [0.3, 0.4) is 0 Å². The molecule has 1 aliphatic rings. The summed E-state index contributed by atoms with van der Waals surface area (Å²) in [7, 11) is 1.82. The number of carbonyl (C=O) groups is 2. The van der Waals surface area contributed by atoms with Crippen molar-refractivity contribution < 1.29 is 14.3 Å². The second kappa shape index (κ2) is 8.94. The Morgan fingerprint density at radius 3 is 2.12 bits per heavy atom. The number of anilines is 2.